The summed E-state index contributed by atoms with van der Waals surface area (Å²) in [7, 11) is 0. The number of pyridine rings is 1. The van der Waals surface area contributed by atoms with Gasteiger partial charge in [0, 0.05) is 29.4 Å². The number of carboxylic acid groups (broad SMARTS) is 1. The molecule has 0 aliphatic heterocycles. The molecule has 0 bridgehead atoms. The van der Waals surface area contributed by atoms with E-state index in [1.807, 2.05) is 12.3 Å². The van der Waals surface area contributed by atoms with Crippen LogP contribution in [0.3, 0.4) is 0 Å². The van der Waals surface area contributed by atoms with E-state index < -0.39 is 5.97 Å². The Morgan fingerprint density at radius 3 is 2.63 bits per heavy atom. The number of nitrogens with one attached hydrogen (secondary N) is 1. The SMILES string of the molecule is O=C(O)c1ccc2c(c1)nc(NC1CC1)c1nc(CCCc3ccccc3)ncc12. The fraction of sp³-hybridized carbons (Fsp3) is 0.250. The highest BCUT2D eigenvalue weighted by molar-refractivity contribution is 6.09. The van der Waals surface area contributed by atoms with Gasteiger partial charge in [0.2, 0.25) is 0 Å². The van der Waals surface area contributed by atoms with Crippen molar-refractivity contribution in [2.45, 2.75) is 38.1 Å². The van der Waals surface area contributed by atoms with Crippen LogP contribution in [-0.2, 0) is 12.8 Å². The molecule has 2 heterocycles. The topological polar surface area (TPSA) is 88.0 Å². The Kier molecular flexibility index (Phi) is 4.75. The van der Waals surface area contributed by atoms with Crippen LogP contribution in [0.4, 0.5) is 5.82 Å². The minimum Gasteiger partial charge on any atom is -0.478 e. The summed E-state index contributed by atoms with van der Waals surface area (Å²) in [5.41, 5.74) is 3.00. The third-order valence-corrected chi connectivity index (χ3v) is 5.46. The predicted octanol–water partition coefficient (Wildman–Crippen LogP) is 4.63. The molecule has 1 fully saturated rings. The van der Waals surface area contributed by atoms with Gasteiger partial charge in [0.25, 0.3) is 0 Å². The number of hydrogen-bond donors (Lipinski definition) is 2. The van der Waals surface area contributed by atoms with Crippen molar-refractivity contribution < 1.29 is 9.90 Å². The number of aryl methyl sites for hydroxylation is 2. The van der Waals surface area contributed by atoms with Crippen molar-refractivity contribution in [2.75, 3.05) is 5.32 Å². The summed E-state index contributed by atoms with van der Waals surface area (Å²) >= 11 is 0. The molecule has 30 heavy (non-hydrogen) atoms. The smallest absolute Gasteiger partial charge is 0.335 e. The van der Waals surface area contributed by atoms with Crippen LogP contribution in [0.2, 0.25) is 0 Å². The molecule has 1 aliphatic carbocycles. The summed E-state index contributed by atoms with van der Waals surface area (Å²) in [5.74, 6) is 0.565. The van der Waals surface area contributed by atoms with Gasteiger partial charge >= 0.3 is 5.97 Å². The molecule has 4 aromatic rings. The monoisotopic (exact) mass is 398 g/mol. The summed E-state index contributed by atoms with van der Waals surface area (Å²) in [4.78, 5) is 25.5. The normalized spacial score (nSPS) is 13.6. The lowest BCUT2D eigenvalue weighted by Crippen LogP contribution is -2.07. The van der Waals surface area contributed by atoms with E-state index in [9.17, 15) is 9.90 Å². The number of carboxylic acids is 1. The quantitative estimate of drug-likeness (QED) is 0.442. The van der Waals surface area contributed by atoms with Gasteiger partial charge < -0.3 is 10.4 Å². The van der Waals surface area contributed by atoms with Crippen molar-refractivity contribution in [3.8, 4) is 0 Å². The Morgan fingerprint density at radius 1 is 1.03 bits per heavy atom. The van der Waals surface area contributed by atoms with Gasteiger partial charge in [0.05, 0.1) is 11.1 Å². The molecule has 0 unspecified atom stereocenters. The molecule has 0 radical (unpaired) electrons. The van der Waals surface area contributed by atoms with Crippen LogP contribution < -0.4 is 5.32 Å². The van der Waals surface area contributed by atoms with E-state index in [-0.39, 0.29) is 5.56 Å². The van der Waals surface area contributed by atoms with E-state index in [2.05, 4.69) is 34.6 Å². The lowest BCUT2D eigenvalue weighted by molar-refractivity contribution is 0.0697. The maximum Gasteiger partial charge on any atom is 0.335 e. The summed E-state index contributed by atoms with van der Waals surface area (Å²) in [6, 6.07) is 15.9. The standard InChI is InChI=1S/C24H22N4O2/c29-24(30)16-9-12-18-19-14-25-21(8-4-7-15-5-2-1-3-6-15)28-22(19)23(26-17-10-11-17)27-20(18)13-16/h1-3,5-6,9,12-14,17H,4,7-8,10-11H2,(H,26,27)(H,29,30). The van der Waals surface area contributed by atoms with Gasteiger partial charge in [-0.05, 0) is 43.4 Å². The first-order valence-corrected chi connectivity index (χ1v) is 10.3. The van der Waals surface area contributed by atoms with E-state index in [1.165, 1.54) is 5.56 Å². The molecule has 0 amide bonds. The second kappa shape index (κ2) is 7.71. The predicted molar refractivity (Wildman–Crippen MR) is 117 cm³/mol. The number of aromatic carboxylic acids is 1. The van der Waals surface area contributed by atoms with Gasteiger partial charge in [-0.3, -0.25) is 0 Å². The summed E-state index contributed by atoms with van der Waals surface area (Å²) in [6.07, 6.45) is 6.84. The van der Waals surface area contributed by atoms with Crippen molar-refractivity contribution in [1.29, 1.82) is 0 Å². The highest BCUT2D eigenvalue weighted by atomic mass is 16.4. The van der Waals surface area contributed by atoms with E-state index in [0.717, 1.165) is 54.2 Å². The van der Waals surface area contributed by atoms with Crippen LogP contribution in [-0.4, -0.2) is 32.1 Å². The second-order valence-electron chi connectivity index (χ2n) is 7.80. The minimum atomic E-state index is -0.958. The zero-order valence-corrected chi connectivity index (χ0v) is 16.5. The Morgan fingerprint density at radius 2 is 1.87 bits per heavy atom. The average molecular weight is 398 g/mol. The van der Waals surface area contributed by atoms with Crippen LogP contribution in [0.15, 0.2) is 54.7 Å². The van der Waals surface area contributed by atoms with Crippen molar-refractivity contribution in [1.82, 2.24) is 15.0 Å². The Balaban J connectivity index is 1.50. The number of anilines is 1. The second-order valence-corrected chi connectivity index (χ2v) is 7.80. The number of carbonyl (C=O) groups is 1. The first kappa shape index (κ1) is 18.5. The Bertz CT molecular complexity index is 1240. The lowest BCUT2D eigenvalue weighted by Gasteiger charge is -2.12. The van der Waals surface area contributed by atoms with Gasteiger partial charge in [-0.1, -0.05) is 36.4 Å². The van der Waals surface area contributed by atoms with Crippen LogP contribution >= 0.6 is 0 Å². The molecule has 6 nitrogen and oxygen atoms in total. The maximum absolute atomic E-state index is 11.4. The van der Waals surface area contributed by atoms with Crippen LogP contribution in [0, 0.1) is 0 Å². The molecule has 1 saturated carbocycles. The summed E-state index contributed by atoms with van der Waals surface area (Å²) < 4.78 is 0. The van der Waals surface area contributed by atoms with Crippen molar-refractivity contribution >= 4 is 33.6 Å². The third-order valence-electron chi connectivity index (χ3n) is 5.46. The van der Waals surface area contributed by atoms with Crippen LogP contribution in [0.5, 0.6) is 0 Å². The number of hydrogen-bond acceptors (Lipinski definition) is 5. The molecule has 2 aromatic carbocycles. The first-order chi connectivity index (χ1) is 14.7. The molecule has 150 valence electrons. The Hall–Kier alpha value is -3.54. The lowest BCUT2D eigenvalue weighted by atomic mass is 10.1. The van der Waals surface area contributed by atoms with Crippen molar-refractivity contribution in [2.24, 2.45) is 0 Å². The number of rotatable bonds is 7. The maximum atomic E-state index is 11.4. The van der Waals surface area contributed by atoms with Gasteiger partial charge in [0.1, 0.15) is 11.3 Å². The number of aromatic nitrogens is 3. The number of fused-ring (bicyclic) bond motifs is 3. The highest BCUT2D eigenvalue weighted by Gasteiger charge is 2.23. The molecular weight excluding hydrogens is 376 g/mol. The summed E-state index contributed by atoms with van der Waals surface area (Å²) in [5, 5.41) is 14.5. The summed E-state index contributed by atoms with van der Waals surface area (Å²) in [6.45, 7) is 0. The molecule has 0 atom stereocenters. The minimum absolute atomic E-state index is 0.227. The van der Waals surface area contributed by atoms with Gasteiger partial charge in [-0.25, -0.2) is 19.7 Å². The Labute approximate surface area is 174 Å². The highest BCUT2D eigenvalue weighted by Crippen LogP contribution is 2.32. The van der Waals surface area contributed by atoms with Crippen molar-refractivity contribution in [3.05, 3.63) is 71.7 Å². The van der Waals surface area contributed by atoms with Gasteiger partial charge in [-0.15, -0.1) is 0 Å². The van der Waals surface area contributed by atoms with Crippen molar-refractivity contribution in [3.63, 3.8) is 0 Å². The molecule has 0 saturated heterocycles. The third kappa shape index (κ3) is 3.81. The molecule has 2 aromatic heterocycles. The fourth-order valence-corrected chi connectivity index (χ4v) is 3.69. The largest absolute Gasteiger partial charge is 0.478 e. The first-order valence-electron chi connectivity index (χ1n) is 10.3. The molecule has 1 aliphatic rings. The van der Waals surface area contributed by atoms with E-state index in [4.69, 9.17) is 9.97 Å². The molecule has 0 spiro atoms. The molecule has 6 heteroatoms. The van der Waals surface area contributed by atoms with Crippen LogP contribution in [0.25, 0.3) is 21.8 Å². The van der Waals surface area contributed by atoms with Gasteiger partial charge in [-0.2, -0.15) is 0 Å². The van der Waals surface area contributed by atoms with E-state index in [0.29, 0.717) is 17.4 Å². The fourth-order valence-electron chi connectivity index (χ4n) is 3.69. The molecular formula is C24H22N4O2. The van der Waals surface area contributed by atoms with Gasteiger partial charge in [0.15, 0.2) is 5.82 Å². The van der Waals surface area contributed by atoms with E-state index in [1.54, 1.807) is 18.2 Å². The van der Waals surface area contributed by atoms with E-state index >= 15 is 0 Å². The number of benzene rings is 2. The zero-order valence-electron chi connectivity index (χ0n) is 16.5. The molecule has 2 N–H and O–H groups in total. The average Bonchev–Trinajstić information content (AvgIpc) is 3.58. The van der Waals surface area contributed by atoms with Crippen LogP contribution in [0.1, 0.15) is 41.0 Å². The molecule has 5 rings (SSSR count). The zero-order chi connectivity index (χ0) is 20.5. The number of nitrogens with zero attached hydrogens (tertiary/aromatic N) is 3.